The van der Waals surface area contributed by atoms with E-state index in [1.165, 1.54) is 0 Å². The van der Waals surface area contributed by atoms with E-state index in [2.05, 4.69) is 0 Å². The van der Waals surface area contributed by atoms with Gasteiger partial charge in [-0.05, 0) is 0 Å². The van der Waals surface area contributed by atoms with Crippen LogP contribution in [0.4, 0.5) is 0 Å². The summed E-state index contributed by atoms with van der Waals surface area (Å²) in [5.74, 6) is -3.14. The maximum Gasteiger partial charge on any atom is 0.305 e. The smallest absolute Gasteiger partial charge is 0.305 e. The van der Waals surface area contributed by atoms with Gasteiger partial charge < -0.3 is 28.8 Å². The number of ether oxygens (including phenoxy) is 5. The van der Waals surface area contributed by atoms with Crippen LogP contribution >= 0.6 is 0 Å². The molecule has 1 rings (SSSR count). The van der Waals surface area contributed by atoms with Crippen LogP contribution in [0.2, 0.25) is 0 Å². The van der Waals surface area contributed by atoms with Crippen LogP contribution in [0.15, 0.2) is 0 Å². The lowest BCUT2D eigenvalue weighted by Gasteiger charge is -2.47. The summed E-state index contributed by atoms with van der Waals surface area (Å²) in [6, 6.07) is 0. The van der Waals surface area contributed by atoms with Gasteiger partial charge in [0.25, 0.3) is 0 Å². The third-order valence-corrected chi connectivity index (χ3v) is 3.12. The number of carbonyl (C=O) groups is 4. The predicted octanol–water partition coefficient (Wildman–Crippen LogP) is -1.65. The molecule has 1 saturated heterocycles. The molecule has 0 saturated carbocycles. The normalized spacial score (nSPS) is 31.6. The molecule has 0 aromatic rings. The second kappa shape index (κ2) is 8.23. The van der Waals surface area contributed by atoms with Crippen molar-refractivity contribution in [1.82, 2.24) is 0 Å². The van der Waals surface area contributed by atoms with E-state index < -0.39 is 60.8 Å². The average molecular weight is 363 g/mol. The number of hydrogen-bond donors (Lipinski definition) is 2. The minimum absolute atomic E-state index is 0.432. The highest BCUT2D eigenvalue weighted by Crippen LogP contribution is 2.32. The molecule has 1 fully saturated rings. The molecule has 1 aliphatic heterocycles. The van der Waals surface area contributed by atoms with Crippen LogP contribution in [0.3, 0.4) is 0 Å². The molecule has 11 heteroatoms. The van der Waals surface area contributed by atoms with Crippen molar-refractivity contribution < 1.29 is 48.0 Å². The molecule has 5 atom stereocenters. The molecule has 1 aliphatic rings. The Balaban J connectivity index is 3.22. The number of rotatable bonds is 5. The average Bonchev–Trinajstić information content (AvgIpc) is 2.43. The lowest BCUT2D eigenvalue weighted by atomic mass is 9.93. The van der Waals surface area contributed by atoms with Gasteiger partial charge in [-0.3, -0.25) is 24.9 Å². The van der Waals surface area contributed by atoms with E-state index in [0.717, 1.165) is 27.7 Å². The Hall–Kier alpha value is -2.24. The molecule has 11 nitrogen and oxygen atoms in total. The molecule has 0 aromatic heterocycles. The number of hydrogen-bond acceptors (Lipinski definition) is 11. The van der Waals surface area contributed by atoms with Crippen molar-refractivity contribution >= 4 is 23.9 Å². The fraction of sp³-hybridized carbons (Fsp3) is 0.714. The summed E-state index contributed by atoms with van der Waals surface area (Å²) in [7, 11) is 0. The van der Waals surface area contributed by atoms with E-state index in [9.17, 15) is 24.3 Å². The minimum Gasteiger partial charge on any atom is -0.463 e. The van der Waals surface area contributed by atoms with Gasteiger partial charge in [-0.1, -0.05) is 0 Å². The van der Waals surface area contributed by atoms with Crippen LogP contribution in [0.1, 0.15) is 27.7 Å². The van der Waals surface area contributed by atoms with Crippen molar-refractivity contribution in [2.24, 2.45) is 5.73 Å². The molecule has 1 heterocycles. The van der Waals surface area contributed by atoms with Gasteiger partial charge in [-0.15, -0.1) is 0 Å². The Labute approximate surface area is 143 Å². The van der Waals surface area contributed by atoms with E-state index in [1.54, 1.807) is 0 Å². The van der Waals surface area contributed by atoms with Crippen molar-refractivity contribution in [3.8, 4) is 0 Å². The number of carbonyl (C=O) groups excluding carboxylic acids is 4. The van der Waals surface area contributed by atoms with E-state index >= 15 is 0 Å². The van der Waals surface area contributed by atoms with E-state index in [4.69, 9.17) is 29.4 Å². The largest absolute Gasteiger partial charge is 0.463 e. The highest BCUT2D eigenvalue weighted by molar-refractivity contribution is 5.68. The van der Waals surface area contributed by atoms with E-state index in [-0.39, 0.29) is 0 Å². The quantitative estimate of drug-likeness (QED) is 0.327. The summed E-state index contributed by atoms with van der Waals surface area (Å²) in [5.41, 5.74) is 3.20. The minimum atomic E-state index is -2.52. The summed E-state index contributed by atoms with van der Waals surface area (Å²) in [5, 5.41) is 10.5. The Morgan fingerprint density at radius 3 is 1.92 bits per heavy atom. The maximum absolute atomic E-state index is 11.4. The van der Waals surface area contributed by atoms with Crippen molar-refractivity contribution in [1.29, 1.82) is 0 Å². The zero-order valence-corrected chi connectivity index (χ0v) is 14.2. The monoisotopic (exact) mass is 363 g/mol. The van der Waals surface area contributed by atoms with Crippen molar-refractivity contribution in [3.63, 3.8) is 0 Å². The van der Waals surface area contributed by atoms with Gasteiger partial charge >= 0.3 is 23.9 Å². The highest BCUT2D eigenvalue weighted by atomic mass is 16.7. The molecule has 0 aromatic carbocycles. The van der Waals surface area contributed by atoms with E-state index in [1.807, 2.05) is 0 Å². The van der Waals surface area contributed by atoms with Crippen molar-refractivity contribution in [3.05, 3.63) is 0 Å². The fourth-order valence-corrected chi connectivity index (χ4v) is 2.21. The SMILES string of the molecule is CC(=O)OC[C@H]1OC(OC(C)=O)[C@](N)(O)[C@@H](OC(C)=O)[C@@H]1OC(C)=O. The number of esters is 4. The van der Waals surface area contributed by atoms with Gasteiger partial charge in [0.05, 0.1) is 0 Å². The zero-order valence-electron chi connectivity index (χ0n) is 14.2. The summed E-state index contributed by atoms with van der Waals surface area (Å²) < 4.78 is 24.9. The molecule has 0 radical (unpaired) electrons. The summed E-state index contributed by atoms with van der Waals surface area (Å²) in [6.07, 6.45) is -6.04. The third-order valence-electron chi connectivity index (χ3n) is 3.12. The first-order valence-corrected chi connectivity index (χ1v) is 7.26. The second-order valence-corrected chi connectivity index (χ2v) is 5.41. The molecule has 0 bridgehead atoms. The Morgan fingerprint density at radius 1 is 0.960 bits per heavy atom. The van der Waals surface area contributed by atoms with Crippen molar-refractivity contribution in [2.45, 2.75) is 58.0 Å². The Morgan fingerprint density at radius 2 is 1.48 bits per heavy atom. The van der Waals surface area contributed by atoms with Gasteiger partial charge in [0.1, 0.15) is 12.7 Å². The topological polar surface area (TPSA) is 161 Å². The molecule has 0 aliphatic carbocycles. The molecule has 0 spiro atoms. The Kier molecular flexibility index (Phi) is 6.85. The van der Waals surface area contributed by atoms with Gasteiger partial charge in [0.2, 0.25) is 12.0 Å². The van der Waals surface area contributed by atoms with Crippen LogP contribution in [0.5, 0.6) is 0 Å². The van der Waals surface area contributed by atoms with Gasteiger partial charge in [-0.25, -0.2) is 0 Å². The van der Waals surface area contributed by atoms with Crippen LogP contribution in [0.25, 0.3) is 0 Å². The van der Waals surface area contributed by atoms with E-state index in [0.29, 0.717) is 0 Å². The fourth-order valence-electron chi connectivity index (χ4n) is 2.21. The first-order valence-electron chi connectivity index (χ1n) is 7.26. The second-order valence-electron chi connectivity index (χ2n) is 5.41. The summed E-state index contributed by atoms with van der Waals surface area (Å²) in [6.45, 7) is 3.86. The lowest BCUT2D eigenvalue weighted by molar-refractivity contribution is -0.333. The molecule has 1 unspecified atom stereocenters. The van der Waals surface area contributed by atoms with Gasteiger partial charge in [-0.2, -0.15) is 0 Å². The van der Waals surface area contributed by atoms with Crippen molar-refractivity contribution in [2.75, 3.05) is 6.61 Å². The molecular formula is C14H21NO10. The van der Waals surface area contributed by atoms with Crippen LogP contribution < -0.4 is 5.73 Å². The number of nitrogens with two attached hydrogens (primary N) is 1. The summed E-state index contributed by atoms with van der Waals surface area (Å²) >= 11 is 0. The molecular weight excluding hydrogens is 342 g/mol. The van der Waals surface area contributed by atoms with Crippen LogP contribution in [-0.4, -0.2) is 65.9 Å². The predicted molar refractivity (Wildman–Crippen MR) is 77.3 cm³/mol. The molecule has 25 heavy (non-hydrogen) atoms. The highest BCUT2D eigenvalue weighted by Gasteiger charge is 2.59. The number of aliphatic hydroxyl groups is 1. The third kappa shape index (κ3) is 5.66. The lowest BCUT2D eigenvalue weighted by Crippen LogP contribution is -2.73. The van der Waals surface area contributed by atoms with Gasteiger partial charge in [0, 0.05) is 27.7 Å². The Bertz CT molecular complexity index is 546. The first-order chi connectivity index (χ1) is 11.4. The van der Waals surface area contributed by atoms with Gasteiger partial charge in [0.15, 0.2) is 12.2 Å². The molecule has 142 valence electrons. The molecule has 0 amide bonds. The van der Waals surface area contributed by atoms with Crippen LogP contribution in [-0.2, 0) is 42.9 Å². The maximum atomic E-state index is 11.4. The first kappa shape index (κ1) is 20.8. The van der Waals surface area contributed by atoms with Crippen LogP contribution in [0, 0.1) is 0 Å². The zero-order chi connectivity index (χ0) is 19.4. The molecule has 3 N–H and O–H groups in total. The standard InChI is InChI=1S/C14H21NO10/c1-6(16)21-5-10-11(22-7(2)17)12(23-8(3)18)14(15,20)13(25-10)24-9(4)19/h10-13,20H,5,15H2,1-4H3/t10-,11-,12+,13?,14-/m1/s1. The summed E-state index contributed by atoms with van der Waals surface area (Å²) in [4.78, 5) is 45.0.